The predicted molar refractivity (Wildman–Crippen MR) is 129 cm³/mol. The van der Waals surface area contributed by atoms with Gasteiger partial charge in [0.2, 0.25) is 5.91 Å². The zero-order valence-corrected chi connectivity index (χ0v) is 19.4. The van der Waals surface area contributed by atoms with E-state index < -0.39 is 0 Å². The van der Waals surface area contributed by atoms with Crippen LogP contribution in [-0.4, -0.2) is 47.7 Å². The van der Waals surface area contributed by atoms with Crippen LogP contribution in [0.2, 0.25) is 0 Å². The molecular formula is C24H29N3OS2. The van der Waals surface area contributed by atoms with Crippen molar-refractivity contribution in [3.05, 3.63) is 53.6 Å². The third-order valence-electron chi connectivity index (χ3n) is 5.60. The number of aryl methyl sites for hydroxylation is 2. The summed E-state index contributed by atoms with van der Waals surface area (Å²) in [6.07, 6.45) is 2.57. The molecule has 2 heterocycles. The summed E-state index contributed by atoms with van der Waals surface area (Å²) in [4.78, 5) is 23.2. The minimum atomic E-state index is 0.289. The van der Waals surface area contributed by atoms with E-state index in [1.165, 1.54) is 20.7 Å². The van der Waals surface area contributed by atoms with Crippen LogP contribution in [-0.2, 0) is 11.2 Å². The van der Waals surface area contributed by atoms with Crippen molar-refractivity contribution in [1.29, 1.82) is 0 Å². The maximum atomic E-state index is 12.6. The number of benzene rings is 2. The summed E-state index contributed by atoms with van der Waals surface area (Å²) in [6, 6.07) is 15.0. The van der Waals surface area contributed by atoms with E-state index in [2.05, 4.69) is 61.2 Å². The highest BCUT2D eigenvalue weighted by Gasteiger charge is 2.23. The number of piperazine rings is 1. The predicted octanol–water partition coefficient (Wildman–Crippen LogP) is 5.39. The highest BCUT2D eigenvalue weighted by molar-refractivity contribution is 7.99. The Morgan fingerprint density at radius 1 is 1.10 bits per heavy atom. The highest BCUT2D eigenvalue weighted by atomic mass is 32.2. The van der Waals surface area contributed by atoms with E-state index in [0.29, 0.717) is 6.42 Å². The van der Waals surface area contributed by atoms with Crippen LogP contribution in [0.5, 0.6) is 0 Å². The fraction of sp³-hybridized carbons (Fsp3) is 0.417. The number of aromatic nitrogens is 1. The molecule has 1 aromatic heterocycles. The second-order valence-corrected chi connectivity index (χ2v) is 9.92. The normalized spacial score (nSPS) is 14.5. The number of para-hydroxylation sites is 1. The number of thioether (sulfide) groups is 1. The molecule has 0 N–H and O–H groups in total. The molecule has 0 radical (unpaired) electrons. The number of nitrogens with zero attached hydrogens (tertiary/aromatic N) is 3. The first-order valence-electron chi connectivity index (χ1n) is 10.7. The first-order chi connectivity index (χ1) is 14.6. The van der Waals surface area contributed by atoms with Gasteiger partial charge in [0, 0.05) is 37.5 Å². The number of hydrogen-bond donors (Lipinski definition) is 0. The molecule has 30 heavy (non-hydrogen) atoms. The molecule has 1 saturated heterocycles. The van der Waals surface area contributed by atoms with Crippen molar-refractivity contribution in [3.63, 3.8) is 0 Å². The summed E-state index contributed by atoms with van der Waals surface area (Å²) < 4.78 is 1.26. The van der Waals surface area contributed by atoms with Crippen LogP contribution in [0.1, 0.15) is 30.9 Å². The quantitative estimate of drug-likeness (QED) is 0.365. The van der Waals surface area contributed by atoms with Gasteiger partial charge in [0.25, 0.3) is 0 Å². The van der Waals surface area contributed by atoms with E-state index in [0.717, 1.165) is 55.4 Å². The molecule has 0 bridgehead atoms. The molecule has 1 fully saturated rings. The third kappa shape index (κ3) is 4.98. The number of rotatable bonds is 7. The van der Waals surface area contributed by atoms with Gasteiger partial charge < -0.3 is 9.80 Å². The molecule has 6 heteroatoms. The van der Waals surface area contributed by atoms with Gasteiger partial charge in [-0.05, 0) is 49.3 Å². The minimum absolute atomic E-state index is 0.289. The molecule has 4 rings (SSSR count). The van der Waals surface area contributed by atoms with E-state index in [4.69, 9.17) is 4.98 Å². The minimum Gasteiger partial charge on any atom is -0.345 e. The van der Waals surface area contributed by atoms with Crippen LogP contribution < -0.4 is 4.90 Å². The number of carbonyl (C=O) groups is 1. The lowest BCUT2D eigenvalue weighted by Gasteiger charge is -2.34. The van der Waals surface area contributed by atoms with Crippen LogP contribution in [0, 0.1) is 6.92 Å². The van der Waals surface area contributed by atoms with E-state index >= 15 is 0 Å². The maximum Gasteiger partial charge on any atom is 0.222 e. The molecule has 0 spiro atoms. The van der Waals surface area contributed by atoms with E-state index in [1.807, 2.05) is 16.7 Å². The van der Waals surface area contributed by atoms with Crippen LogP contribution in [0.15, 0.2) is 47.4 Å². The Morgan fingerprint density at radius 2 is 1.87 bits per heavy atom. The number of hydrogen-bond acceptors (Lipinski definition) is 5. The van der Waals surface area contributed by atoms with Crippen molar-refractivity contribution >= 4 is 44.4 Å². The molecule has 1 aliphatic rings. The lowest BCUT2D eigenvalue weighted by atomic mass is 10.1. The van der Waals surface area contributed by atoms with Crippen molar-refractivity contribution in [3.8, 4) is 0 Å². The first kappa shape index (κ1) is 21.2. The fourth-order valence-corrected chi connectivity index (χ4v) is 5.69. The molecule has 158 valence electrons. The van der Waals surface area contributed by atoms with Crippen molar-refractivity contribution in [2.24, 2.45) is 0 Å². The van der Waals surface area contributed by atoms with Gasteiger partial charge in [0.15, 0.2) is 5.13 Å². The fourth-order valence-electron chi connectivity index (χ4n) is 3.77. The molecule has 0 aliphatic carbocycles. The van der Waals surface area contributed by atoms with Crippen LogP contribution >= 0.6 is 23.1 Å². The van der Waals surface area contributed by atoms with Gasteiger partial charge in [0.05, 0.1) is 10.2 Å². The van der Waals surface area contributed by atoms with Gasteiger partial charge >= 0.3 is 0 Å². The molecule has 1 aliphatic heterocycles. The molecule has 3 aromatic rings. The number of fused-ring (bicyclic) bond motifs is 1. The molecule has 0 saturated carbocycles. The van der Waals surface area contributed by atoms with E-state index in [1.54, 1.807) is 11.3 Å². The monoisotopic (exact) mass is 439 g/mol. The van der Waals surface area contributed by atoms with Gasteiger partial charge in [-0.25, -0.2) is 4.98 Å². The summed E-state index contributed by atoms with van der Waals surface area (Å²) in [5, 5.41) is 1.09. The van der Waals surface area contributed by atoms with Crippen molar-refractivity contribution in [2.75, 3.05) is 36.8 Å². The molecule has 4 nitrogen and oxygen atoms in total. The summed E-state index contributed by atoms with van der Waals surface area (Å²) in [5.41, 5.74) is 3.74. The summed E-state index contributed by atoms with van der Waals surface area (Å²) in [7, 11) is 0. The zero-order chi connectivity index (χ0) is 20.9. The average molecular weight is 440 g/mol. The van der Waals surface area contributed by atoms with Crippen LogP contribution in [0.4, 0.5) is 5.13 Å². The van der Waals surface area contributed by atoms with Crippen molar-refractivity contribution < 1.29 is 4.79 Å². The second-order valence-electron chi connectivity index (χ2n) is 7.75. The topological polar surface area (TPSA) is 36.4 Å². The van der Waals surface area contributed by atoms with Gasteiger partial charge in [-0.3, -0.25) is 4.79 Å². The number of thiazole rings is 1. The van der Waals surface area contributed by atoms with Gasteiger partial charge in [-0.1, -0.05) is 48.1 Å². The first-order valence-corrected chi connectivity index (χ1v) is 12.5. The molecule has 2 aromatic carbocycles. The third-order valence-corrected chi connectivity index (χ3v) is 7.78. The highest BCUT2D eigenvalue weighted by Crippen LogP contribution is 2.31. The van der Waals surface area contributed by atoms with Crippen molar-refractivity contribution in [2.45, 2.75) is 38.0 Å². The summed E-state index contributed by atoms with van der Waals surface area (Å²) in [5.74, 6) is 1.27. The Morgan fingerprint density at radius 3 is 2.60 bits per heavy atom. The SMILES string of the molecule is CCc1cccc2sc(N3CCN(C(=O)CCCSc4ccc(C)cc4)CC3)nc12. The summed E-state index contributed by atoms with van der Waals surface area (Å²) >= 11 is 3.60. The van der Waals surface area contributed by atoms with E-state index in [9.17, 15) is 4.79 Å². The van der Waals surface area contributed by atoms with Crippen LogP contribution in [0.25, 0.3) is 10.2 Å². The lowest BCUT2D eigenvalue weighted by Crippen LogP contribution is -2.48. The summed E-state index contributed by atoms with van der Waals surface area (Å²) in [6.45, 7) is 7.60. The Labute approximate surface area is 187 Å². The second kappa shape index (κ2) is 9.84. The maximum absolute atomic E-state index is 12.6. The van der Waals surface area contributed by atoms with Crippen molar-refractivity contribution in [1.82, 2.24) is 9.88 Å². The Kier molecular flexibility index (Phi) is 6.95. The van der Waals surface area contributed by atoms with Gasteiger partial charge in [0.1, 0.15) is 0 Å². The molecule has 0 unspecified atom stereocenters. The Balaban J connectivity index is 1.24. The smallest absolute Gasteiger partial charge is 0.222 e. The largest absolute Gasteiger partial charge is 0.345 e. The Hall–Kier alpha value is -2.05. The molecule has 0 atom stereocenters. The number of carbonyl (C=O) groups excluding carboxylic acids is 1. The average Bonchev–Trinajstić information content (AvgIpc) is 3.22. The zero-order valence-electron chi connectivity index (χ0n) is 17.8. The standard InChI is InChI=1S/C24H29N3OS2/c1-3-19-6-4-7-21-23(19)25-24(30-21)27-15-13-26(14-16-27)22(28)8-5-17-29-20-11-9-18(2)10-12-20/h4,6-7,9-12H,3,5,8,13-17H2,1-2H3. The van der Waals surface area contributed by atoms with E-state index in [-0.39, 0.29) is 5.91 Å². The van der Waals surface area contributed by atoms with Gasteiger partial charge in [-0.15, -0.1) is 11.8 Å². The Bertz CT molecular complexity index is 991. The van der Waals surface area contributed by atoms with Crippen LogP contribution in [0.3, 0.4) is 0 Å². The number of anilines is 1. The molecular weight excluding hydrogens is 410 g/mol. The van der Waals surface area contributed by atoms with Gasteiger partial charge in [-0.2, -0.15) is 0 Å². The molecule has 1 amide bonds. The number of amides is 1. The lowest BCUT2D eigenvalue weighted by molar-refractivity contribution is -0.131.